The van der Waals surface area contributed by atoms with Gasteiger partial charge in [-0.15, -0.1) is 0 Å². The zero-order valence-electron chi connectivity index (χ0n) is 16.0. The van der Waals surface area contributed by atoms with Crippen LogP contribution >= 0.6 is 11.8 Å². The number of aliphatic hydroxyl groups excluding tert-OH is 1. The molecule has 0 fully saturated rings. The fourth-order valence-corrected chi connectivity index (χ4v) is 3.77. The van der Waals surface area contributed by atoms with E-state index in [4.69, 9.17) is 5.11 Å². The molecule has 0 aliphatic heterocycles. The van der Waals surface area contributed by atoms with Gasteiger partial charge in [0.1, 0.15) is 5.82 Å². The van der Waals surface area contributed by atoms with E-state index in [9.17, 15) is 14.0 Å². The van der Waals surface area contributed by atoms with Crippen molar-refractivity contribution < 1.29 is 14.3 Å². The number of aliphatic hydroxyl groups is 1. The molecule has 8 heteroatoms. The molecule has 1 aromatic heterocycles. The maximum Gasteiger partial charge on any atom is 0.262 e. The number of rotatable bonds is 8. The Morgan fingerprint density at radius 3 is 2.69 bits per heavy atom. The smallest absolute Gasteiger partial charge is 0.262 e. The highest BCUT2D eigenvalue weighted by Crippen LogP contribution is 2.23. The molecule has 0 unspecified atom stereocenters. The van der Waals surface area contributed by atoms with E-state index < -0.39 is 5.25 Å². The molecule has 3 rings (SSSR count). The van der Waals surface area contributed by atoms with Crippen LogP contribution in [0.25, 0.3) is 10.9 Å². The van der Waals surface area contributed by atoms with Gasteiger partial charge in [-0.05, 0) is 43.2 Å². The Morgan fingerprint density at radius 1 is 1.24 bits per heavy atom. The van der Waals surface area contributed by atoms with E-state index in [0.717, 1.165) is 5.56 Å². The number of para-hydroxylation sites is 1. The number of carbonyl (C=O) groups is 1. The highest BCUT2D eigenvalue weighted by atomic mass is 32.2. The molecule has 1 atom stereocenters. The van der Waals surface area contributed by atoms with Crippen LogP contribution in [-0.2, 0) is 17.9 Å². The van der Waals surface area contributed by atoms with Crippen molar-refractivity contribution in [1.29, 1.82) is 0 Å². The average Bonchev–Trinajstić information content (AvgIpc) is 2.73. The number of carbonyl (C=O) groups excluding carboxylic acids is 1. The number of nitrogens with one attached hydrogen (secondary N) is 1. The van der Waals surface area contributed by atoms with Gasteiger partial charge in [-0.2, -0.15) is 0 Å². The number of aromatic nitrogens is 2. The lowest BCUT2D eigenvalue weighted by Gasteiger charge is -2.16. The van der Waals surface area contributed by atoms with Crippen LogP contribution in [0.15, 0.2) is 58.5 Å². The summed E-state index contributed by atoms with van der Waals surface area (Å²) in [6, 6.07) is 13.0. The number of fused-ring (bicyclic) bond motifs is 1. The van der Waals surface area contributed by atoms with E-state index in [1.807, 2.05) is 0 Å². The predicted molar refractivity (Wildman–Crippen MR) is 111 cm³/mol. The second-order valence-corrected chi connectivity index (χ2v) is 7.86. The van der Waals surface area contributed by atoms with Crippen LogP contribution in [0.1, 0.15) is 18.9 Å². The molecule has 0 aliphatic carbocycles. The van der Waals surface area contributed by atoms with Gasteiger partial charge in [-0.25, -0.2) is 9.37 Å². The molecular formula is C21H22FN3O3S. The van der Waals surface area contributed by atoms with Crippen LogP contribution in [0.5, 0.6) is 0 Å². The molecule has 0 spiro atoms. The van der Waals surface area contributed by atoms with Crippen LogP contribution in [0, 0.1) is 5.82 Å². The normalized spacial score (nSPS) is 12.1. The minimum atomic E-state index is -0.496. The molecule has 2 N–H and O–H groups in total. The number of nitrogens with zero attached hydrogens (tertiary/aromatic N) is 2. The lowest BCUT2D eigenvalue weighted by molar-refractivity contribution is -0.120. The van der Waals surface area contributed by atoms with Crippen molar-refractivity contribution in [2.75, 3.05) is 6.61 Å². The number of halogens is 1. The lowest BCUT2D eigenvalue weighted by atomic mass is 10.2. The molecule has 1 amide bonds. The van der Waals surface area contributed by atoms with E-state index in [1.54, 1.807) is 43.3 Å². The van der Waals surface area contributed by atoms with Crippen LogP contribution in [0.4, 0.5) is 4.39 Å². The minimum Gasteiger partial charge on any atom is -0.396 e. The number of benzene rings is 2. The van der Waals surface area contributed by atoms with Crippen molar-refractivity contribution in [3.63, 3.8) is 0 Å². The number of amides is 1. The Balaban J connectivity index is 1.77. The summed E-state index contributed by atoms with van der Waals surface area (Å²) in [5, 5.41) is 12.4. The summed E-state index contributed by atoms with van der Waals surface area (Å²) in [6.07, 6.45) is 0.415. The molecule has 0 aliphatic rings. The molecule has 3 aromatic rings. The van der Waals surface area contributed by atoms with E-state index in [0.29, 0.717) is 29.0 Å². The van der Waals surface area contributed by atoms with E-state index in [2.05, 4.69) is 10.3 Å². The van der Waals surface area contributed by atoms with Crippen molar-refractivity contribution in [1.82, 2.24) is 14.9 Å². The third-order valence-corrected chi connectivity index (χ3v) is 5.49. The summed E-state index contributed by atoms with van der Waals surface area (Å²) in [6.45, 7) is 2.30. The molecule has 0 saturated heterocycles. The fourth-order valence-electron chi connectivity index (χ4n) is 2.81. The molecule has 29 heavy (non-hydrogen) atoms. The van der Waals surface area contributed by atoms with Gasteiger partial charge in [0.15, 0.2) is 5.16 Å². The Kier molecular flexibility index (Phi) is 7.00. The predicted octanol–water partition coefficient (Wildman–Crippen LogP) is 2.72. The second-order valence-electron chi connectivity index (χ2n) is 6.55. The maximum absolute atomic E-state index is 13.0. The fraction of sp³-hybridized carbons (Fsp3) is 0.286. The summed E-state index contributed by atoms with van der Waals surface area (Å²) in [7, 11) is 0. The van der Waals surface area contributed by atoms with Gasteiger partial charge in [0.25, 0.3) is 5.56 Å². The molecule has 6 nitrogen and oxygen atoms in total. The summed E-state index contributed by atoms with van der Waals surface area (Å²) in [5.41, 5.74) is 1.17. The molecule has 0 bridgehead atoms. The van der Waals surface area contributed by atoms with Crippen LogP contribution in [-0.4, -0.2) is 32.4 Å². The monoisotopic (exact) mass is 415 g/mol. The molecule has 1 heterocycles. The summed E-state index contributed by atoms with van der Waals surface area (Å²) < 4.78 is 14.5. The first-order chi connectivity index (χ1) is 14.0. The maximum atomic E-state index is 13.0. The van der Waals surface area contributed by atoms with Crippen molar-refractivity contribution >= 4 is 28.6 Å². The van der Waals surface area contributed by atoms with Crippen LogP contribution < -0.4 is 10.9 Å². The van der Waals surface area contributed by atoms with Gasteiger partial charge >= 0.3 is 0 Å². The van der Waals surface area contributed by atoms with Crippen molar-refractivity contribution in [3.05, 3.63) is 70.3 Å². The number of thioether (sulfide) groups is 1. The van der Waals surface area contributed by atoms with Gasteiger partial charge in [-0.1, -0.05) is 36.0 Å². The largest absolute Gasteiger partial charge is 0.396 e. The molecule has 0 saturated carbocycles. The third kappa shape index (κ3) is 5.21. The summed E-state index contributed by atoms with van der Waals surface area (Å²) in [5.74, 6) is -0.539. The SMILES string of the molecule is C[C@@H](Sc1nc2ccccc2c(=O)n1CCCO)C(=O)NCc1ccc(F)cc1. The van der Waals surface area contributed by atoms with Gasteiger partial charge in [0, 0.05) is 19.7 Å². The quantitative estimate of drug-likeness (QED) is 0.437. The lowest BCUT2D eigenvalue weighted by Crippen LogP contribution is -2.31. The third-order valence-electron chi connectivity index (χ3n) is 4.40. The van der Waals surface area contributed by atoms with Crippen LogP contribution in [0.2, 0.25) is 0 Å². The van der Waals surface area contributed by atoms with E-state index in [-0.39, 0.29) is 30.4 Å². The first kappa shape index (κ1) is 21.0. The van der Waals surface area contributed by atoms with Gasteiger partial charge in [-0.3, -0.25) is 14.2 Å². The van der Waals surface area contributed by atoms with Gasteiger partial charge < -0.3 is 10.4 Å². The second kappa shape index (κ2) is 9.67. The Hall–Kier alpha value is -2.71. The molecular weight excluding hydrogens is 393 g/mol. The Morgan fingerprint density at radius 2 is 1.97 bits per heavy atom. The minimum absolute atomic E-state index is 0.0446. The molecule has 152 valence electrons. The number of hydrogen-bond acceptors (Lipinski definition) is 5. The van der Waals surface area contributed by atoms with Gasteiger partial charge in [0.2, 0.25) is 5.91 Å². The first-order valence-electron chi connectivity index (χ1n) is 9.29. The number of hydrogen-bond donors (Lipinski definition) is 2. The zero-order valence-corrected chi connectivity index (χ0v) is 16.8. The topological polar surface area (TPSA) is 84.2 Å². The first-order valence-corrected chi connectivity index (χ1v) is 10.2. The molecule has 2 aromatic carbocycles. The highest BCUT2D eigenvalue weighted by molar-refractivity contribution is 8.00. The van der Waals surface area contributed by atoms with Crippen molar-refractivity contribution in [2.24, 2.45) is 0 Å². The highest BCUT2D eigenvalue weighted by Gasteiger charge is 2.19. The zero-order chi connectivity index (χ0) is 20.8. The summed E-state index contributed by atoms with van der Waals surface area (Å²) >= 11 is 1.19. The Labute approximate surface area is 171 Å². The van der Waals surface area contributed by atoms with E-state index >= 15 is 0 Å². The average molecular weight is 415 g/mol. The van der Waals surface area contributed by atoms with Crippen LogP contribution in [0.3, 0.4) is 0 Å². The van der Waals surface area contributed by atoms with Gasteiger partial charge in [0.05, 0.1) is 16.2 Å². The van der Waals surface area contributed by atoms with Crippen molar-refractivity contribution in [2.45, 2.75) is 36.8 Å². The Bertz CT molecular complexity index is 1050. The standard InChI is InChI=1S/C21H22FN3O3S/c1-14(19(27)23-13-15-7-9-16(22)10-8-15)29-21-24-18-6-3-2-5-17(18)20(28)25(21)11-4-12-26/h2-3,5-10,14,26H,4,11-13H2,1H3,(H,23,27)/t14-/m1/s1. The van der Waals surface area contributed by atoms with E-state index in [1.165, 1.54) is 28.5 Å². The molecule has 0 radical (unpaired) electrons. The van der Waals surface area contributed by atoms with Crippen molar-refractivity contribution in [3.8, 4) is 0 Å². The summed E-state index contributed by atoms with van der Waals surface area (Å²) in [4.78, 5) is 29.9.